The number of hydrogen-bond acceptors (Lipinski definition) is 6. The zero-order valence-electron chi connectivity index (χ0n) is 11.0. The number of amides is 2. The Hall–Kier alpha value is -1.47. The zero-order chi connectivity index (χ0) is 14.3. The van der Waals surface area contributed by atoms with Gasteiger partial charge in [0, 0.05) is 32.7 Å². The lowest BCUT2D eigenvalue weighted by molar-refractivity contribution is -0.200. The summed E-state index contributed by atoms with van der Waals surface area (Å²) in [5.41, 5.74) is 0. The number of hydrogen-bond donors (Lipinski definition) is 1. The molecular formula is C12H19NO6. The molecule has 1 atom stereocenters. The van der Waals surface area contributed by atoms with Crippen LogP contribution >= 0.6 is 0 Å². The summed E-state index contributed by atoms with van der Waals surface area (Å²) in [4.78, 5) is 38.9. The quantitative estimate of drug-likeness (QED) is 0.495. The van der Waals surface area contributed by atoms with Gasteiger partial charge in [-0.2, -0.15) is 0 Å². The number of hydroxylamine groups is 2. The van der Waals surface area contributed by atoms with Crippen LogP contribution in [0.5, 0.6) is 0 Å². The number of carbonyl (C=O) groups excluding carboxylic acids is 3. The maximum Gasteiger partial charge on any atom is 0.336 e. The summed E-state index contributed by atoms with van der Waals surface area (Å²) in [6.07, 6.45) is 1.16. The van der Waals surface area contributed by atoms with Crippen molar-refractivity contribution in [3.8, 4) is 0 Å². The van der Waals surface area contributed by atoms with Gasteiger partial charge in [0.05, 0.1) is 5.92 Å². The highest BCUT2D eigenvalue weighted by Gasteiger charge is 2.33. The van der Waals surface area contributed by atoms with Gasteiger partial charge in [0.1, 0.15) is 0 Å². The molecule has 108 valence electrons. The smallest absolute Gasteiger partial charge is 0.336 e. The lowest BCUT2D eigenvalue weighted by atomic mass is 10.1. The number of carbonyl (C=O) groups is 3. The van der Waals surface area contributed by atoms with E-state index in [4.69, 9.17) is 14.7 Å². The zero-order valence-corrected chi connectivity index (χ0v) is 11.0. The first-order valence-electron chi connectivity index (χ1n) is 6.32. The summed E-state index contributed by atoms with van der Waals surface area (Å²) in [5.74, 6) is -2.04. The molecule has 0 aliphatic carbocycles. The Morgan fingerprint density at radius 3 is 2.53 bits per heavy atom. The van der Waals surface area contributed by atoms with Gasteiger partial charge in [-0.25, -0.2) is 4.79 Å². The molecule has 1 heterocycles. The molecule has 1 unspecified atom stereocenters. The monoisotopic (exact) mass is 273 g/mol. The Bertz CT molecular complexity index is 327. The van der Waals surface area contributed by atoms with Gasteiger partial charge in [0.2, 0.25) is 0 Å². The molecule has 0 radical (unpaired) electrons. The predicted molar refractivity (Wildman–Crippen MR) is 63.5 cm³/mol. The molecule has 0 aromatic heterocycles. The Morgan fingerprint density at radius 2 is 1.95 bits per heavy atom. The van der Waals surface area contributed by atoms with Gasteiger partial charge in [-0.3, -0.25) is 9.59 Å². The molecule has 0 saturated carbocycles. The fourth-order valence-corrected chi connectivity index (χ4v) is 1.48. The first kappa shape index (κ1) is 15.6. The van der Waals surface area contributed by atoms with Crippen LogP contribution in [0.15, 0.2) is 0 Å². The number of aliphatic hydroxyl groups is 1. The van der Waals surface area contributed by atoms with Crippen LogP contribution in [0.3, 0.4) is 0 Å². The third-order valence-electron chi connectivity index (χ3n) is 2.73. The fraction of sp³-hybridized carbons (Fsp3) is 0.750. The molecule has 0 aromatic carbocycles. The van der Waals surface area contributed by atoms with E-state index in [1.54, 1.807) is 6.92 Å². The van der Waals surface area contributed by atoms with Crippen LogP contribution in [-0.2, 0) is 24.0 Å². The van der Waals surface area contributed by atoms with Crippen molar-refractivity contribution < 1.29 is 29.1 Å². The van der Waals surface area contributed by atoms with Crippen molar-refractivity contribution in [3.63, 3.8) is 0 Å². The van der Waals surface area contributed by atoms with Crippen molar-refractivity contribution in [1.82, 2.24) is 5.06 Å². The van der Waals surface area contributed by atoms with Crippen LogP contribution in [0.2, 0.25) is 0 Å². The third-order valence-corrected chi connectivity index (χ3v) is 2.73. The second-order valence-corrected chi connectivity index (χ2v) is 4.37. The molecule has 7 nitrogen and oxygen atoms in total. The van der Waals surface area contributed by atoms with Crippen LogP contribution in [0, 0.1) is 5.92 Å². The minimum atomic E-state index is -0.616. The topological polar surface area (TPSA) is 93.1 Å². The standard InChI is InChI=1S/C12H19NO6/c1-9(5-8-18-7-2-6-14)12(17)19-13-10(15)3-4-11(13)16/h9,14H,2-8H2,1H3. The Labute approximate surface area is 111 Å². The van der Waals surface area contributed by atoms with Gasteiger partial charge in [-0.1, -0.05) is 6.92 Å². The third kappa shape index (κ3) is 4.96. The average Bonchev–Trinajstić information content (AvgIpc) is 2.70. The SMILES string of the molecule is CC(CCOCCCO)C(=O)ON1C(=O)CCC1=O. The highest BCUT2D eigenvalue weighted by Crippen LogP contribution is 2.14. The molecule has 0 spiro atoms. The Morgan fingerprint density at radius 1 is 1.32 bits per heavy atom. The first-order chi connectivity index (χ1) is 9.06. The minimum Gasteiger partial charge on any atom is -0.396 e. The molecular weight excluding hydrogens is 254 g/mol. The molecule has 1 N–H and O–H groups in total. The van der Waals surface area contributed by atoms with Crippen LogP contribution in [-0.4, -0.2) is 47.8 Å². The van der Waals surface area contributed by atoms with Gasteiger partial charge in [-0.15, -0.1) is 5.06 Å². The largest absolute Gasteiger partial charge is 0.396 e. The van der Waals surface area contributed by atoms with E-state index in [2.05, 4.69) is 0 Å². The summed E-state index contributed by atoms with van der Waals surface area (Å²) in [6, 6.07) is 0. The van der Waals surface area contributed by atoms with Gasteiger partial charge in [0.15, 0.2) is 0 Å². The summed E-state index contributed by atoms with van der Waals surface area (Å²) >= 11 is 0. The number of nitrogens with zero attached hydrogens (tertiary/aromatic N) is 1. The number of ether oxygens (including phenoxy) is 1. The first-order valence-corrected chi connectivity index (χ1v) is 6.32. The normalized spacial score (nSPS) is 16.8. The summed E-state index contributed by atoms with van der Waals surface area (Å²) < 4.78 is 5.19. The fourth-order valence-electron chi connectivity index (χ4n) is 1.48. The van der Waals surface area contributed by atoms with Crippen molar-refractivity contribution in [3.05, 3.63) is 0 Å². The molecule has 1 aliphatic rings. The molecule has 0 aromatic rings. The second-order valence-electron chi connectivity index (χ2n) is 4.37. The van der Waals surface area contributed by atoms with E-state index in [-0.39, 0.29) is 19.4 Å². The number of rotatable bonds is 8. The van der Waals surface area contributed by atoms with Crippen molar-refractivity contribution in [2.45, 2.75) is 32.6 Å². The number of imide groups is 1. The van der Waals surface area contributed by atoms with Gasteiger partial charge < -0.3 is 14.7 Å². The van der Waals surface area contributed by atoms with Gasteiger partial charge in [-0.05, 0) is 12.8 Å². The van der Waals surface area contributed by atoms with E-state index in [0.29, 0.717) is 31.1 Å². The molecule has 1 aliphatic heterocycles. The lowest BCUT2D eigenvalue weighted by Crippen LogP contribution is -2.34. The summed E-state index contributed by atoms with van der Waals surface area (Å²) in [5, 5.41) is 9.10. The molecule has 2 amide bonds. The van der Waals surface area contributed by atoms with E-state index in [9.17, 15) is 14.4 Å². The average molecular weight is 273 g/mol. The maximum atomic E-state index is 11.6. The van der Waals surface area contributed by atoms with Crippen molar-refractivity contribution in [1.29, 1.82) is 0 Å². The highest BCUT2D eigenvalue weighted by molar-refractivity contribution is 6.01. The van der Waals surface area contributed by atoms with E-state index in [1.807, 2.05) is 0 Å². The molecule has 1 fully saturated rings. The van der Waals surface area contributed by atoms with Crippen LogP contribution in [0.1, 0.15) is 32.6 Å². The highest BCUT2D eigenvalue weighted by atomic mass is 16.7. The molecule has 1 saturated heterocycles. The van der Waals surface area contributed by atoms with Crippen LogP contribution in [0.4, 0.5) is 0 Å². The van der Waals surface area contributed by atoms with E-state index < -0.39 is 23.7 Å². The Kier molecular flexibility index (Phi) is 6.44. The lowest BCUT2D eigenvalue weighted by Gasteiger charge is -2.16. The number of aliphatic hydroxyl groups excluding tert-OH is 1. The van der Waals surface area contributed by atoms with E-state index in [0.717, 1.165) is 0 Å². The van der Waals surface area contributed by atoms with Crippen LogP contribution < -0.4 is 0 Å². The van der Waals surface area contributed by atoms with Crippen molar-refractivity contribution in [2.75, 3.05) is 19.8 Å². The molecule has 1 rings (SSSR count). The van der Waals surface area contributed by atoms with Crippen LogP contribution in [0.25, 0.3) is 0 Å². The van der Waals surface area contributed by atoms with E-state index in [1.165, 1.54) is 0 Å². The molecule has 0 bridgehead atoms. The maximum absolute atomic E-state index is 11.6. The Balaban J connectivity index is 2.24. The van der Waals surface area contributed by atoms with Crippen molar-refractivity contribution in [2.24, 2.45) is 5.92 Å². The minimum absolute atomic E-state index is 0.0662. The molecule has 19 heavy (non-hydrogen) atoms. The van der Waals surface area contributed by atoms with Crippen molar-refractivity contribution >= 4 is 17.8 Å². The summed E-state index contributed by atoms with van der Waals surface area (Å²) in [6.45, 7) is 2.50. The van der Waals surface area contributed by atoms with Gasteiger partial charge >= 0.3 is 5.97 Å². The van der Waals surface area contributed by atoms with Gasteiger partial charge in [0.25, 0.3) is 11.8 Å². The molecule has 7 heteroatoms. The predicted octanol–water partition coefficient (Wildman–Crippen LogP) is 0.0188. The summed E-state index contributed by atoms with van der Waals surface area (Å²) in [7, 11) is 0. The second kappa shape index (κ2) is 7.85. The van der Waals surface area contributed by atoms with E-state index >= 15 is 0 Å².